The normalized spacial score (nSPS) is 28.5. The van der Waals surface area contributed by atoms with Crippen LogP contribution in [0.15, 0.2) is 35.5 Å². The number of aliphatic hydroxyl groups excluding tert-OH is 3. The molecule has 2 aliphatic rings. The smallest absolute Gasteiger partial charge is 0.167 e. The molecule has 12 heteroatoms. The maximum atomic E-state index is 10.3. The van der Waals surface area contributed by atoms with Crippen molar-refractivity contribution in [1.82, 2.24) is 24.5 Å². The lowest BCUT2D eigenvalue weighted by Crippen LogP contribution is -2.33. The minimum Gasteiger partial charge on any atom is -0.394 e. The van der Waals surface area contributed by atoms with Crippen LogP contribution in [0.2, 0.25) is 0 Å². The molecule has 2 fully saturated rings. The highest BCUT2D eigenvalue weighted by Gasteiger charge is 2.44. The van der Waals surface area contributed by atoms with E-state index in [0.29, 0.717) is 17.0 Å². The fourth-order valence-electron chi connectivity index (χ4n) is 4.09. The second kappa shape index (κ2) is 8.28. The minimum atomic E-state index is -1.21. The molecule has 0 aromatic carbocycles. The molecule has 3 aromatic rings. The van der Waals surface area contributed by atoms with E-state index in [2.05, 4.69) is 46.1 Å². The van der Waals surface area contributed by atoms with Gasteiger partial charge in [0.25, 0.3) is 0 Å². The number of aromatic nitrogens is 5. The number of fused-ring (bicyclic) bond motifs is 1. The van der Waals surface area contributed by atoms with E-state index in [-0.39, 0.29) is 6.04 Å². The SMILES string of the molecule is OC[C@H]1OC(n2cnc3c(N[C@H]4CCN(c5ccc(Br)cn5)C4)ncnc32)[C@@H](O)[C@H]1O. The summed E-state index contributed by atoms with van der Waals surface area (Å²) in [6, 6.07) is 4.11. The first-order chi connectivity index (χ1) is 15.0. The van der Waals surface area contributed by atoms with E-state index in [1.54, 1.807) is 10.8 Å². The molecule has 0 bridgehead atoms. The van der Waals surface area contributed by atoms with Crippen LogP contribution in [0.4, 0.5) is 11.6 Å². The number of nitrogens with one attached hydrogen (secondary N) is 1. The molecule has 1 unspecified atom stereocenters. The summed E-state index contributed by atoms with van der Waals surface area (Å²) in [7, 11) is 0. The number of hydrogen-bond donors (Lipinski definition) is 4. The van der Waals surface area contributed by atoms with Crippen LogP contribution < -0.4 is 10.2 Å². The first-order valence-electron chi connectivity index (χ1n) is 9.98. The van der Waals surface area contributed by atoms with E-state index in [1.165, 1.54) is 12.7 Å². The van der Waals surface area contributed by atoms with E-state index < -0.39 is 31.1 Å². The van der Waals surface area contributed by atoms with Gasteiger partial charge in [-0.2, -0.15) is 0 Å². The summed E-state index contributed by atoms with van der Waals surface area (Å²) in [6.45, 7) is 1.25. The van der Waals surface area contributed by atoms with Crippen molar-refractivity contribution in [3.63, 3.8) is 0 Å². The average Bonchev–Trinajstić information content (AvgIpc) is 3.48. The quantitative estimate of drug-likeness (QED) is 0.393. The van der Waals surface area contributed by atoms with E-state index >= 15 is 0 Å². The molecule has 5 rings (SSSR count). The summed E-state index contributed by atoms with van der Waals surface area (Å²) < 4.78 is 8.10. The molecule has 5 heterocycles. The van der Waals surface area contributed by atoms with Crippen molar-refractivity contribution in [3.05, 3.63) is 35.5 Å². The summed E-state index contributed by atoms with van der Waals surface area (Å²) in [5.41, 5.74) is 1.01. The van der Waals surface area contributed by atoms with Gasteiger partial charge in [-0.05, 0) is 34.5 Å². The first-order valence-corrected chi connectivity index (χ1v) is 10.8. The molecule has 2 saturated heterocycles. The number of ether oxygens (including phenoxy) is 1. The molecule has 0 spiro atoms. The van der Waals surface area contributed by atoms with Crippen molar-refractivity contribution < 1.29 is 20.1 Å². The monoisotopic (exact) mass is 491 g/mol. The molecule has 4 N–H and O–H groups in total. The van der Waals surface area contributed by atoms with Gasteiger partial charge in [-0.15, -0.1) is 0 Å². The third-order valence-electron chi connectivity index (χ3n) is 5.71. The Morgan fingerprint density at radius 3 is 2.77 bits per heavy atom. The molecule has 164 valence electrons. The van der Waals surface area contributed by atoms with Crippen LogP contribution in [0.25, 0.3) is 11.2 Å². The summed E-state index contributed by atoms with van der Waals surface area (Å²) in [4.78, 5) is 19.7. The molecular weight excluding hydrogens is 470 g/mol. The Kier molecular flexibility index (Phi) is 5.48. The first kappa shape index (κ1) is 20.5. The molecule has 2 aliphatic heterocycles. The van der Waals surface area contributed by atoms with E-state index in [9.17, 15) is 15.3 Å². The third kappa shape index (κ3) is 3.74. The number of rotatable bonds is 5. The van der Waals surface area contributed by atoms with Crippen LogP contribution in [-0.2, 0) is 4.74 Å². The molecule has 0 aliphatic carbocycles. The number of nitrogens with zero attached hydrogens (tertiary/aromatic N) is 6. The molecule has 3 aromatic heterocycles. The van der Waals surface area contributed by atoms with Crippen LogP contribution in [0.5, 0.6) is 0 Å². The van der Waals surface area contributed by atoms with Crippen molar-refractivity contribution in [2.75, 3.05) is 29.9 Å². The molecule has 11 nitrogen and oxygen atoms in total. The number of aliphatic hydroxyl groups is 3. The molecule has 0 radical (unpaired) electrons. The van der Waals surface area contributed by atoms with E-state index in [0.717, 1.165) is 29.8 Å². The van der Waals surface area contributed by atoms with Crippen LogP contribution in [-0.4, -0.2) is 83.9 Å². The van der Waals surface area contributed by atoms with Gasteiger partial charge in [-0.1, -0.05) is 0 Å². The van der Waals surface area contributed by atoms with Crippen LogP contribution in [0.1, 0.15) is 12.6 Å². The predicted octanol–water partition coefficient (Wildman–Crippen LogP) is 0.286. The zero-order chi connectivity index (χ0) is 21.5. The van der Waals surface area contributed by atoms with Crippen molar-refractivity contribution in [2.45, 2.75) is 37.0 Å². The largest absolute Gasteiger partial charge is 0.394 e. The summed E-state index contributed by atoms with van der Waals surface area (Å²) >= 11 is 3.41. The lowest BCUT2D eigenvalue weighted by Gasteiger charge is -2.18. The Bertz CT molecular complexity index is 1070. The average molecular weight is 492 g/mol. The van der Waals surface area contributed by atoms with Gasteiger partial charge in [0.15, 0.2) is 23.2 Å². The highest BCUT2D eigenvalue weighted by Crippen LogP contribution is 2.32. The van der Waals surface area contributed by atoms with Gasteiger partial charge in [-0.3, -0.25) is 4.57 Å². The van der Waals surface area contributed by atoms with Gasteiger partial charge in [0.2, 0.25) is 0 Å². The number of imidazole rings is 1. The van der Waals surface area contributed by atoms with Gasteiger partial charge in [-0.25, -0.2) is 19.9 Å². The zero-order valence-electron chi connectivity index (χ0n) is 16.4. The lowest BCUT2D eigenvalue weighted by molar-refractivity contribution is -0.0511. The van der Waals surface area contributed by atoms with Crippen molar-refractivity contribution in [3.8, 4) is 0 Å². The van der Waals surface area contributed by atoms with Gasteiger partial charge in [0.1, 0.15) is 30.5 Å². The number of anilines is 2. The Morgan fingerprint density at radius 1 is 1.16 bits per heavy atom. The fourth-order valence-corrected chi connectivity index (χ4v) is 4.32. The topological polar surface area (TPSA) is 142 Å². The van der Waals surface area contributed by atoms with E-state index in [1.807, 2.05) is 12.1 Å². The van der Waals surface area contributed by atoms with Gasteiger partial charge < -0.3 is 30.3 Å². The summed E-state index contributed by atoms with van der Waals surface area (Å²) in [5, 5.41) is 33.2. The maximum Gasteiger partial charge on any atom is 0.167 e. The standard InChI is InChI=1S/C19H22BrN7O4/c20-10-1-2-13(21-5-10)26-4-3-11(6-26)25-17-14-18(23-8-22-17)27(9-24-14)19-16(30)15(29)12(7-28)31-19/h1-2,5,8-9,11-12,15-16,19,28-30H,3-4,6-7H2,(H,22,23,25)/t11-,12+,15-,16-,19?/m0/s1. The molecule has 0 saturated carbocycles. The summed E-state index contributed by atoms with van der Waals surface area (Å²) in [5.74, 6) is 1.51. The number of pyridine rings is 1. The second-order valence-electron chi connectivity index (χ2n) is 7.69. The van der Waals surface area contributed by atoms with Gasteiger partial charge in [0.05, 0.1) is 12.9 Å². The highest BCUT2D eigenvalue weighted by molar-refractivity contribution is 9.10. The van der Waals surface area contributed by atoms with Crippen molar-refractivity contribution in [1.29, 1.82) is 0 Å². The number of halogens is 1. The molecule has 31 heavy (non-hydrogen) atoms. The number of hydrogen-bond acceptors (Lipinski definition) is 10. The Balaban J connectivity index is 1.34. The van der Waals surface area contributed by atoms with Gasteiger partial charge in [0, 0.05) is 29.8 Å². The molecular formula is C19H22BrN7O4. The zero-order valence-corrected chi connectivity index (χ0v) is 18.0. The van der Waals surface area contributed by atoms with Crippen LogP contribution >= 0.6 is 15.9 Å². The Hall–Kier alpha value is -2.38. The second-order valence-corrected chi connectivity index (χ2v) is 8.60. The van der Waals surface area contributed by atoms with Crippen molar-refractivity contribution >= 4 is 38.7 Å². The minimum absolute atomic E-state index is 0.155. The maximum absolute atomic E-state index is 10.3. The van der Waals surface area contributed by atoms with Crippen molar-refractivity contribution in [2.24, 2.45) is 0 Å². The highest BCUT2D eigenvalue weighted by atomic mass is 79.9. The Morgan fingerprint density at radius 2 is 2.03 bits per heavy atom. The van der Waals surface area contributed by atoms with Gasteiger partial charge >= 0.3 is 0 Å². The summed E-state index contributed by atoms with van der Waals surface area (Å²) in [6.07, 6.45) is 1.46. The fraction of sp³-hybridized carbons (Fsp3) is 0.474. The van der Waals surface area contributed by atoms with Crippen LogP contribution in [0, 0.1) is 0 Å². The van der Waals surface area contributed by atoms with E-state index in [4.69, 9.17) is 4.74 Å². The third-order valence-corrected chi connectivity index (χ3v) is 6.18. The molecule has 5 atom stereocenters. The Labute approximate surface area is 185 Å². The molecule has 0 amide bonds. The lowest BCUT2D eigenvalue weighted by atomic mass is 10.1. The predicted molar refractivity (Wildman–Crippen MR) is 115 cm³/mol. The van der Waals surface area contributed by atoms with Crippen LogP contribution in [0.3, 0.4) is 0 Å².